The van der Waals surface area contributed by atoms with Gasteiger partial charge in [0.25, 0.3) is 0 Å². The molecule has 0 spiro atoms. The summed E-state index contributed by atoms with van der Waals surface area (Å²) in [5, 5.41) is 21.1. The molecule has 0 bridgehead atoms. The van der Waals surface area contributed by atoms with Gasteiger partial charge in [-0.25, -0.2) is 0 Å². The Morgan fingerprint density at radius 3 is 2.42 bits per heavy atom. The van der Waals surface area contributed by atoms with E-state index in [-0.39, 0.29) is 12.4 Å². The van der Waals surface area contributed by atoms with Crippen molar-refractivity contribution in [3.05, 3.63) is 93.4 Å². The molecule has 8 nitrogen and oxygen atoms in total. The lowest BCUT2D eigenvalue weighted by molar-refractivity contribution is -0.141. The molecule has 6 rings (SSSR count). The zero-order valence-electron chi connectivity index (χ0n) is 23.2. The minimum atomic E-state index is -0.788. The second-order valence-corrected chi connectivity index (χ2v) is 11.8. The zero-order valence-corrected chi connectivity index (χ0v) is 24.0. The summed E-state index contributed by atoms with van der Waals surface area (Å²) in [5.74, 6) is 1.07. The number of aryl methyl sites for hydroxylation is 2. The quantitative estimate of drug-likeness (QED) is 0.341. The fourth-order valence-electron chi connectivity index (χ4n) is 5.77. The highest BCUT2D eigenvalue weighted by Gasteiger charge is 2.35. The number of hydrogen-bond acceptors (Lipinski definition) is 8. The Hall–Kier alpha value is -3.82. The number of aromatic nitrogens is 3. The number of methoxy groups -OCH3 is 1. The Morgan fingerprint density at radius 1 is 1.05 bits per heavy atom. The van der Waals surface area contributed by atoms with Crippen molar-refractivity contribution in [1.29, 1.82) is 0 Å². The average Bonchev–Trinajstić information content (AvgIpc) is 3.45. The van der Waals surface area contributed by atoms with Gasteiger partial charge in [0.2, 0.25) is 0 Å². The summed E-state index contributed by atoms with van der Waals surface area (Å²) in [6.45, 7) is 7.71. The van der Waals surface area contributed by atoms with Crippen LogP contribution in [0.2, 0.25) is 0 Å². The minimum absolute atomic E-state index is 0.0846. The van der Waals surface area contributed by atoms with Crippen molar-refractivity contribution >= 4 is 28.7 Å². The average molecular weight is 556 g/mol. The molecule has 0 radical (unpaired) electrons. The van der Waals surface area contributed by atoms with Crippen LogP contribution in [0.25, 0.3) is 5.00 Å². The van der Waals surface area contributed by atoms with Gasteiger partial charge in [-0.2, -0.15) is 0 Å². The molecule has 4 aromatic rings. The van der Waals surface area contributed by atoms with Crippen LogP contribution in [0.5, 0.6) is 0 Å². The molecule has 2 aliphatic heterocycles. The van der Waals surface area contributed by atoms with Crippen LogP contribution >= 0.6 is 11.3 Å². The van der Waals surface area contributed by atoms with Gasteiger partial charge in [-0.15, -0.1) is 21.5 Å². The van der Waals surface area contributed by atoms with Gasteiger partial charge in [-0.05, 0) is 56.9 Å². The first-order valence-corrected chi connectivity index (χ1v) is 14.4. The number of carbonyl (C=O) groups is 1. The Bertz CT molecular complexity index is 1580. The molecule has 0 aliphatic carbocycles. The van der Waals surface area contributed by atoms with E-state index in [1.807, 2.05) is 41.8 Å². The molecule has 206 valence electrons. The third-order valence-corrected chi connectivity index (χ3v) is 9.43. The number of benzene rings is 2. The minimum Gasteiger partial charge on any atom is -0.469 e. The lowest BCUT2D eigenvalue weighted by atomic mass is 9.84. The van der Waals surface area contributed by atoms with Gasteiger partial charge < -0.3 is 14.7 Å². The van der Waals surface area contributed by atoms with E-state index in [1.54, 1.807) is 11.3 Å². The number of hydrogen-bond donors (Lipinski definition) is 1. The van der Waals surface area contributed by atoms with Crippen LogP contribution in [0.1, 0.15) is 64.1 Å². The lowest BCUT2D eigenvalue weighted by Crippen LogP contribution is -2.42. The largest absolute Gasteiger partial charge is 0.469 e. The number of piperidine rings is 1. The molecule has 4 heterocycles. The smallest absolute Gasteiger partial charge is 0.308 e. The molecule has 1 saturated heterocycles. The predicted octanol–water partition coefficient (Wildman–Crippen LogP) is 5.20. The number of aliphatic imine (C=N–C) groups is 1. The molecule has 0 unspecified atom stereocenters. The maximum Gasteiger partial charge on any atom is 0.308 e. The van der Waals surface area contributed by atoms with E-state index < -0.39 is 11.6 Å². The molecule has 9 heteroatoms. The van der Waals surface area contributed by atoms with Gasteiger partial charge in [0.15, 0.2) is 5.82 Å². The maximum absolute atomic E-state index is 12.4. The topological polar surface area (TPSA) is 92.8 Å². The summed E-state index contributed by atoms with van der Waals surface area (Å²) in [4.78, 5) is 21.1. The monoisotopic (exact) mass is 555 g/mol. The number of aliphatic hydroxyl groups is 1. The molecule has 1 atom stereocenters. The SMILES string of the molecule is COC(=O)C[C@@H]1N=C(c2ccc(N3CCC(O)(c4ccccc4)CC3)cc2)c2c(sc(C)c2C)-n2c(C)nnc21. The number of ether oxygens (including phenoxy) is 1. The van der Waals surface area contributed by atoms with Gasteiger partial charge in [0.1, 0.15) is 16.9 Å². The van der Waals surface area contributed by atoms with Gasteiger partial charge in [0, 0.05) is 34.8 Å². The number of fused-ring (bicyclic) bond motifs is 3. The number of nitrogens with zero attached hydrogens (tertiary/aromatic N) is 5. The normalized spacial score (nSPS) is 18.0. The van der Waals surface area contributed by atoms with Crippen LogP contribution in [0, 0.1) is 20.8 Å². The maximum atomic E-state index is 12.4. The molecule has 2 aromatic carbocycles. The van der Waals surface area contributed by atoms with Crippen LogP contribution in [-0.2, 0) is 15.1 Å². The Morgan fingerprint density at radius 2 is 1.75 bits per heavy atom. The summed E-state index contributed by atoms with van der Waals surface area (Å²) in [5.41, 5.74) is 5.36. The molecule has 0 amide bonds. The highest BCUT2D eigenvalue weighted by Crippen LogP contribution is 2.40. The molecule has 1 N–H and O–H groups in total. The molecule has 0 saturated carbocycles. The lowest BCUT2D eigenvalue weighted by Gasteiger charge is -2.39. The molecular weight excluding hydrogens is 522 g/mol. The zero-order chi connectivity index (χ0) is 28.0. The molecule has 40 heavy (non-hydrogen) atoms. The Labute approximate surface area is 238 Å². The van der Waals surface area contributed by atoms with Gasteiger partial charge in [-0.1, -0.05) is 42.5 Å². The molecule has 2 aliphatic rings. The first kappa shape index (κ1) is 26.4. The summed E-state index contributed by atoms with van der Waals surface area (Å²) in [6, 6.07) is 17.9. The third-order valence-electron chi connectivity index (χ3n) is 8.23. The van der Waals surface area contributed by atoms with Gasteiger partial charge in [-0.3, -0.25) is 14.4 Å². The highest BCUT2D eigenvalue weighted by atomic mass is 32.1. The van der Waals surface area contributed by atoms with E-state index in [0.29, 0.717) is 18.7 Å². The van der Waals surface area contributed by atoms with Crippen molar-refractivity contribution in [3.8, 4) is 5.00 Å². The van der Waals surface area contributed by atoms with E-state index in [1.165, 1.54) is 12.0 Å². The molecule has 1 fully saturated rings. The summed E-state index contributed by atoms with van der Waals surface area (Å²) >= 11 is 1.69. The number of anilines is 1. The van der Waals surface area contributed by atoms with Gasteiger partial charge >= 0.3 is 5.97 Å². The van der Waals surface area contributed by atoms with E-state index in [4.69, 9.17) is 9.73 Å². The molecule has 2 aromatic heterocycles. The number of thiophene rings is 1. The Balaban J connectivity index is 1.33. The number of rotatable bonds is 5. The first-order valence-electron chi connectivity index (χ1n) is 13.6. The van der Waals surface area contributed by atoms with E-state index in [9.17, 15) is 9.90 Å². The van der Waals surface area contributed by atoms with Crippen molar-refractivity contribution < 1.29 is 14.6 Å². The Kier molecular flexibility index (Phi) is 6.80. The van der Waals surface area contributed by atoms with E-state index in [0.717, 1.165) is 57.6 Å². The van der Waals surface area contributed by atoms with Crippen molar-refractivity contribution in [2.45, 2.75) is 51.7 Å². The van der Waals surface area contributed by atoms with Crippen LogP contribution in [0.3, 0.4) is 0 Å². The number of esters is 1. The van der Waals surface area contributed by atoms with Crippen molar-refractivity contribution in [1.82, 2.24) is 14.8 Å². The standard InChI is InChI=1S/C31H33N5O3S/c1-19-20(2)40-30-27(19)28(32-25(18-26(37)39-4)29-34-33-21(3)36(29)30)22-10-12-24(13-11-22)35-16-14-31(38,15-17-35)23-8-6-5-7-9-23/h5-13,25,38H,14-18H2,1-4H3/t25-/m0/s1. The fraction of sp³-hybridized carbons (Fsp3) is 0.355. The van der Waals surface area contributed by atoms with Crippen molar-refractivity contribution in [2.75, 3.05) is 25.1 Å². The summed E-state index contributed by atoms with van der Waals surface area (Å²) in [6.07, 6.45) is 1.44. The molecular formula is C31H33N5O3S. The van der Waals surface area contributed by atoms with Crippen LogP contribution in [0.15, 0.2) is 59.6 Å². The second-order valence-electron chi connectivity index (χ2n) is 10.6. The van der Waals surface area contributed by atoms with Crippen LogP contribution < -0.4 is 4.90 Å². The van der Waals surface area contributed by atoms with Crippen molar-refractivity contribution in [3.63, 3.8) is 0 Å². The second kappa shape index (κ2) is 10.3. The van der Waals surface area contributed by atoms with Crippen molar-refractivity contribution in [2.24, 2.45) is 4.99 Å². The predicted molar refractivity (Wildman–Crippen MR) is 157 cm³/mol. The summed E-state index contributed by atoms with van der Waals surface area (Å²) in [7, 11) is 1.39. The van der Waals surface area contributed by atoms with Crippen LogP contribution in [-0.4, -0.2) is 51.8 Å². The first-order chi connectivity index (χ1) is 19.3. The number of carbonyl (C=O) groups excluding carboxylic acids is 1. The third kappa shape index (κ3) is 4.53. The van der Waals surface area contributed by atoms with E-state index in [2.05, 4.69) is 53.2 Å². The highest BCUT2D eigenvalue weighted by molar-refractivity contribution is 7.15. The van der Waals surface area contributed by atoms with Crippen LogP contribution in [0.4, 0.5) is 5.69 Å². The fourth-order valence-corrected chi connectivity index (χ4v) is 6.98. The summed E-state index contributed by atoms with van der Waals surface area (Å²) < 4.78 is 7.04. The van der Waals surface area contributed by atoms with E-state index >= 15 is 0 Å². The van der Waals surface area contributed by atoms with Gasteiger partial charge in [0.05, 0.1) is 24.8 Å².